The molecule has 0 aliphatic rings. The van der Waals surface area contributed by atoms with Crippen LogP contribution in [0.25, 0.3) is 28.0 Å². The van der Waals surface area contributed by atoms with Crippen molar-refractivity contribution in [1.29, 1.82) is 0 Å². The number of benzene rings is 2. The molecular weight excluding hydrogens is 421 g/mol. The summed E-state index contributed by atoms with van der Waals surface area (Å²) in [6.45, 7) is 0. The maximum absolute atomic E-state index is 14.5. The van der Waals surface area contributed by atoms with E-state index in [4.69, 9.17) is 4.52 Å². The van der Waals surface area contributed by atoms with E-state index in [0.717, 1.165) is 11.6 Å². The molecule has 0 fully saturated rings. The molecule has 3 heterocycles. The molecule has 2 aromatic carbocycles. The van der Waals surface area contributed by atoms with Crippen molar-refractivity contribution >= 4 is 26.8 Å². The van der Waals surface area contributed by atoms with E-state index in [1.165, 1.54) is 41.5 Å². The number of halogens is 1. The molecule has 0 radical (unpaired) electrons. The molecule has 0 spiro atoms. The van der Waals surface area contributed by atoms with Crippen LogP contribution in [0.3, 0.4) is 0 Å². The predicted octanol–water partition coefficient (Wildman–Crippen LogP) is 4.02. The molecule has 10 heteroatoms. The standard InChI is InChI=1S/C21H14FN5O3S/c22-18-10-15(6-7-19(18)27-9-8-23-13-27)26-31(28,29)16-11-17-20(14-4-2-1-3-5-14)25-30-21(17)24-12-16/h1-13,26H. The van der Waals surface area contributed by atoms with Gasteiger partial charge in [0.1, 0.15) is 16.4 Å². The number of nitrogens with one attached hydrogen (secondary N) is 1. The Labute approximate surface area is 176 Å². The van der Waals surface area contributed by atoms with Crippen LogP contribution in [0.2, 0.25) is 0 Å². The zero-order valence-corrected chi connectivity index (χ0v) is 16.6. The van der Waals surface area contributed by atoms with Crippen LogP contribution in [0, 0.1) is 5.82 Å². The third-order valence-electron chi connectivity index (χ3n) is 4.64. The minimum absolute atomic E-state index is 0.0788. The fourth-order valence-corrected chi connectivity index (χ4v) is 4.18. The molecule has 0 aliphatic heterocycles. The van der Waals surface area contributed by atoms with Gasteiger partial charge in [0.15, 0.2) is 0 Å². The Hall–Kier alpha value is -4.05. The summed E-state index contributed by atoms with van der Waals surface area (Å²) < 4.78 is 49.4. The summed E-state index contributed by atoms with van der Waals surface area (Å²) in [5.74, 6) is -0.600. The van der Waals surface area contributed by atoms with E-state index in [2.05, 4.69) is 19.8 Å². The molecule has 0 atom stereocenters. The molecule has 3 aromatic heterocycles. The number of hydrogen-bond acceptors (Lipinski definition) is 6. The van der Waals surface area contributed by atoms with Gasteiger partial charge in [-0.2, -0.15) is 0 Å². The molecule has 0 saturated heterocycles. The second kappa shape index (κ2) is 7.33. The fraction of sp³-hybridized carbons (Fsp3) is 0. The van der Waals surface area contributed by atoms with Crippen LogP contribution in [0.15, 0.2) is 88.9 Å². The highest BCUT2D eigenvalue weighted by molar-refractivity contribution is 7.92. The second-order valence-corrected chi connectivity index (χ2v) is 8.34. The first-order valence-electron chi connectivity index (χ1n) is 9.13. The Kier molecular flexibility index (Phi) is 4.48. The second-order valence-electron chi connectivity index (χ2n) is 6.66. The molecule has 1 N–H and O–H groups in total. The van der Waals surface area contributed by atoms with Crippen molar-refractivity contribution < 1.29 is 17.3 Å². The third kappa shape index (κ3) is 3.53. The van der Waals surface area contributed by atoms with Crippen molar-refractivity contribution in [3.8, 4) is 16.9 Å². The average molecular weight is 435 g/mol. The minimum atomic E-state index is -4.03. The van der Waals surface area contributed by atoms with E-state index < -0.39 is 15.8 Å². The number of fused-ring (bicyclic) bond motifs is 1. The first kappa shape index (κ1) is 18.9. The van der Waals surface area contributed by atoms with Gasteiger partial charge in [0.25, 0.3) is 15.7 Å². The highest BCUT2D eigenvalue weighted by Gasteiger charge is 2.20. The van der Waals surface area contributed by atoms with Gasteiger partial charge < -0.3 is 9.09 Å². The largest absolute Gasteiger partial charge is 0.335 e. The quantitative estimate of drug-likeness (QED) is 0.447. The summed E-state index contributed by atoms with van der Waals surface area (Å²) in [6.07, 6.45) is 5.73. The van der Waals surface area contributed by atoms with Crippen LogP contribution < -0.4 is 4.72 Å². The zero-order chi connectivity index (χ0) is 21.4. The van der Waals surface area contributed by atoms with Gasteiger partial charge in [-0.05, 0) is 18.2 Å². The molecular formula is C21H14FN5O3S. The Bertz CT molecular complexity index is 1480. The van der Waals surface area contributed by atoms with Crippen LogP contribution >= 0.6 is 0 Å². The molecule has 31 heavy (non-hydrogen) atoms. The van der Waals surface area contributed by atoms with E-state index in [1.807, 2.05) is 30.3 Å². The maximum atomic E-state index is 14.5. The van der Waals surface area contributed by atoms with Gasteiger partial charge in [-0.15, -0.1) is 0 Å². The molecule has 0 amide bonds. The lowest BCUT2D eigenvalue weighted by Crippen LogP contribution is -2.13. The molecule has 0 saturated carbocycles. The summed E-state index contributed by atoms with van der Waals surface area (Å²) in [6, 6.07) is 14.7. The Balaban J connectivity index is 1.49. The number of aromatic nitrogens is 4. The van der Waals surface area contributed by atoms with Crippen LogP contribution in [-0.4, -0.2) is 28.1 Å². The highest BCUT2D eigenvalue weighted by Crippen LogP contribution is 2.29. The van der Waals surface area contributed by atoms with E-state index >= 15 is 0 Å². The Morgan fingerprint density at radius 2 is 1.90 bits per heavy atom. The van der Waals surface area contributed by atoms with Crippen molar-refractivity contribution in [2.24, 2.45) is 0 Å². The van der Waals surface area contributed by atoms with Crippen molar-refractivity contribution in [3.05, 3.63) is 85.3 Å². The summed E-state index contributed by atoms with van der Waals surface area (Å²) in [5, 5.41) is 4.46. The lowest BCUT2D eigenvalue weighted by Gasteiger charge is -2.10. The van der Waals surface area contributed by atoms with Gasteiger partial charge >= 0.3 is 0 Å². The first-order chi connectivity index (χ1) is 15.0. The highest BCUT2D eigenvalue weighted by atomic mass is 32.2. The van der Waals surface area contributed by atoms with Crippen LogP contribution in [-0.2, 0) is 10.0 Å². The van der Waals surface area contributed by atoms with E-state index in [1.54, 1.807) is 6.20 Å². The van der Waals surface area contributed by atoms with Crippen LogP contribution in [0.4, 0.5) is 10.1 Å². The first-order valence-corrected chi connectivity index (χ1v) is 10.6. The average Bonchev–Trinajstić information content (AvgIpc) is 3.44. The Morgan fingerprint density at radius 3 is 2.65 bits per heavy atom. The monoisotopic (exact) mass is 435 g/mol. The maximum Gasteiger partial charge on any atom is 0.263 e. The molecule has 5 aromatic rings. The van der Waals surface area contributed by atoms with Gasteiger partial charge in [0, 0.05) is 24.0 Å². The lowest BCUT2D eigenvalue weighted by atomic mass is 10.1. The molecule has 154 valence electrons. The van der Waals surface area contributed by atoms with E-state index in [-0.39, 0.29) is 22.0 Å². The number of rotatable bonds is 5. The van der Waals surface area contributed by atoms with Crippen molar-refractivity contribution in [3.63, 3.8) is 0 Å². The number of hydrogen-bond donors (Lipinski definition) is 1. The van der Waals surface area contributed by atoms with Crippen molar-refractivity contribution in [2.45, 2.75) is 4.90 Å². The van der Waals surface area contributed by atoms with Gasteiger partial charge in [0.2, 0.25) is 0 Å². The minimum Gasteiger partial charge on any atom is -0.335 e. The fourth-order valence-electron chi connectivity index (χ4n) is 3.16. The van der Waals surface area contributed by atoms with Crippen LogP contribution in [0.5, 0.6) is 0 Å². The summed E-state index contributed by atoms with van der Waals surface area (Å²) in [5.41, 5.74) is 1.79. The summed E-state index contributed by atoms with van der Waals surface area (Å²) >= 11 is 0. The third-order valence-corrected chi connectivity index (χ3v) is 5.99. The number of sulfonamides is 1. The van der Waals surface area contributed by atoms with Gasteiger partial charge in [-0.25, -0.2) is 22.8 Å². The van der Waals surface area contributed by atoms with Crippen molar-refractivity contribution in [2.75, 3.05) is 4.72 Å². The molecule has 5 rings (SSSR count). The van der Waals surface area contributed by atoms with E-state index in [0.29, 0.717) is 11.1 Å². The Morgan fingerprint density at radius 1 is 1.06 bits per heavy atom. The molecule has 0 bridgehead atoms. The molecule has 0 aliphatic carbocycles. The smallest absolute Gasteiger partial charge is 0.263 e. The number of pyridine rings is 1. The summed E-state index contributed by atoms with van der Waals surface area (Å²) in [7, 11) is -4.03. The zero-order valence-electron chi connectivity index (χ0n) is 15.8. The predicted molar refractivity (Wildman–Crippen MR) is 112 cm³/mol. The van der Waals surface area contributed by atoms with Crippen LogP contribution in [0.1, 0.15) is 0 Å². The number of imidazole rings is 1. The summed E-state index contributed by atoms with van der Waals surface area (Å²) in [4.78, 5) is 7.85. The van der Waals surface area contributed by atoms with Gasteiger partial charge in [0.05, 0.1) is 29.3 Å². The number of nitrogens with zero attached hydrogens (tertiary/aromatic N) is 4. The topological polar surface area (TPSA) is 103 Å². The van der Waals surface area contributed by atoms with Gasteiger partial charge in [-0.1, -0.05) is 35.5 Å². The van der Waals surface area contributed by atoms with E-state index in [9.17, 15) is 12.8 Å². The normalized spacial score (nSPS) is 11.6. The number of anilines is 1. The van der Waals surface area contributed by atoms with Gasteiger partial charge in [-0.3, -0.25) is 4.72 Å². The molecule has 8 nitrogen and oxygen atoms in total. The SMILES string of the molecule is O=S(=O)(Nc1ccc(-n2ccnc2)c(F)c1)c1cnc2onc(-c3ccccc3)c2c1. The molecule has 0 unspecified atom stereocenters. The van der Waals surface area contributed by atoms with Crippen molar-refractivity contribution in [1.82, 2.24) is 19.7 Å². The lowest BCUT2D eigenvalue weighted by molar-refractivity contribution is 0.451.